The molecule has 1 N–H and O–H groups in total. The number of nitrogens with one attached hydrogen (secondary N) is 1. The molecule has 0 unspecified atom stereocenters. The summed E-state index contributed by atoms with van der Waals surface area (Å²) in [6, 6.07) is 3.81. The summed E-state index contributed by atoms with van der Waals surface area (Å²) in [5.74, 6) is 0. The van der Waals surface area contributed by atoms with Gasteiger partial charge in [0.05, 0.1) is 5.56 Å². The minimum Gasteiger partial charge on any atom is -0.444 e. The summed E-state index contributed by atoms with van der Waals surface area (Å²) in [4.78, 5) is 27.2. The molecule has 1 aromatic carbocycles. The molecule has 1 aromatic rings. The number of benzene rings is 1. The summed E-state index contributed by atoms with van der Waals surface area (Å²) in [5.41, 5.74) is -1.09. The molecule has 1 aliphatic rings. The molecule has 1 saturated heterocycles. The first-order valence-corrected chi connectivity index (χ1v) is 8.17. The van der Waals surface area contributed by atoms with E-state index in [2.05, 4.69) is 5.32 Å². The number of nitrogens with zero attached hydrogens (tertiary/aromatic N) is 2. The van der Waals surface area contributed by atoms with Gasteiger partial charge in [0.1, 0.15) is 5.60 Å². The van der Waals surface area contributed by atoms with Crippen LogP contribution in [0.25, 0.3) is 0 Å². The lowest BCUT2D eigenvalue weighted by atomic mass is 10.2. The second-order valence-electron chi connectivity index (χ2n) is 6.96. The first-order chi connectivity index (χ1) is 12.0. The molecule has 0 aliphatic carbocycles. The number of anilines is 1. The molecule has 2 rings (SSSR count). The van der Waals surface area contributed by atoms with E-state index in [1.807, 2.05) is 0 Å². The molecule has 1 fully saturated rings. The maximum absolute atomic E-state index is 12.5. The fourth-order valence-corrected chi connectivity index (χ4v) is 2.36. The van der Waals surface area contributed by atoms with E-state index in [1.165, 1.54) is 21.9 Å². The van der Waals surface area contributed by atoms with E-state index in [0.29, 0.717) is 26.2 Å². The molecule has 0 aromatic heterocycles. The van der Waals surface area contributed by atoms with Crippen LogP contribution in [-0.2, 0) is 10.9 Å². The van der Waals surface area contributed by atoms with Crippen LogP contribution in [0.5, 0.6) is 0 Å². The summed E-state index contributed by atoms with van der Waals surface area (Å²) >= 11 is 0. The number of urea groups is 1. The van der Waals surface area contributed by atoms with Crippen molar-refractivity contribution in [2.45, 2.75) is 32.5 Å². The van der Waals surface area contributed by atoms with E-state index in [1.54, 1.807) is 20.8 Å². The van der Waals surface area contributed by atoms with E-state index in [0.717, 1.165) is 12.1 Å². The van der Waals surface area contributed by atoms with Crippen molar-refractivity contribution in [2.24, 2.45) is 0 Å². The highest BCUT2D eigenvalue weighted by atomic mass is 19.4. The number of rotatable bonds is 1. The van der Waals surface area contributed by atoms with Gasteiger partial charge in [-0.1, -0.05) is 0 Å². The fraction of sp³-hybridized carbons (Fsp3) is 0.529. The number of ether oxygens (including phenoxy) is 1. The van der Waals surface area contributed by atoms with E-state index in [-0.39, 0.29) is 5.69 Å². The van der Waals surface area contributed by atoms with E-state index >= 15 is 0 Å². The fourth-order valence-electron chi connectivity index (χ4n) is 2.36. The molecule has 144 valence electrons. The van der Waals surface area contributed by atoms with Gasteiger partial charge in [0.15, 0.2) is 0 Å². The van der Waals surface area contributed by atoms with Crippen molar-refractivity contribution in [1.29, 1.82) is 0 Å². The van der Waals surface area contributed by atoms with Gasteiger partial charge in [0.2, 0.25) is 0 Å². The molecule has 0 saturated carbocycles. The predicted molar refractivity (Wildman–Crippen MR) is 89.8 cm³/mol. The first kappa shape index (κ1) is 19.9. The normalized spacial score (nSPS) is 15.6. The van der Waals surface area contributed by atoms with Crippen LogP contribution in [-0.4, -0.2) is 53.7 Å². The third-order valence-electron chi connectivity index (χ3n) is 3.68. The molecule has 0 atom stereocenters. The Morgan fingerprint density at radius 1 is 0.962 bits per heavy atom. The number of carbonyl (C=O) groups excluding carboxylic acids is 2. The Morgan fingerprint density at radius 3 is 1.92 bits per heavy atom. The molecule has 6 nitrogen and oxygen atoms in total. The van der Waals surface area contributed by atoms with Gasteiger partial charge in [0, 0.05) is 31.9 Å². The van der Waals surface area contributed by atoms with Crippen LogP contribution in [0.2, 0.25) is 0 Å². The summed E-state index contributed by atoms with van der Waals surface area (Å²) in [5, 5.41) is 2.56. The van der Waals surface area contributed by atoms with Crippen LogP contribution >= 0.6 is 0 Å². The lowest BCUT2D eigenvalue weighted by Crippen LogP contribution is -2.52. The van der Waals surface area contributed by atoms with Crippen LogP contribution < -0.4 is 5.32 Å². The van der Waals surface area contributed by atoms with E-state index in [4.69, 9.17) is 4.74 Å². The average molecular weight is 373 g/mol. The topological polar surface area (TPSA) is 61.9 Å². The monoisotopic (exact) mass is 373 g/mol. The van der Waals surface area contributed by atoms with Crippen molar-refractivity contribution in [3.05, 3.63) is 29.8 Å². The highest BCUT2D eigenvalue weighted by Gasteiger charge is 2.30. The van der Waals surface area contributed by atoms with E-state index < -0.39 is 29.5 Å². The number of carbonyl (C=O) groups is 2. The molecular weight excluding hydrogens is 351 g/mol. The molecule has 0 bridgehead atoms. The van der Waals surface area contributed by atoms with Crippen molar-refractivity contribution in [3.63, 3.8) is 0 Å². The van der Waals surface area contributed by atoms with Crippen LogP contribution in [0.1, 0.15) is 26.3 Å². The number of hydrogen-bond acceptors (Lipinski definition) is 3. The highest BCUT2D eigenvalue weighted by Crippen LogP contribution is 2.29. The summed E-state index contributed by atoms with van der Waals surface area (Å²) in [7, 11) is 0. The minimum absolute atomic E-state index is 0.276. The van der Waals surface area contributed by atoms with Crippen LogP contribution in [0.4, 0.5) is 28.4 Å². The Bertz CT molecular complexity index is 646. The molecule has 1 heterocycles. The van der Waals surface area contributed by atoms with Gasteiger partial charge >= 0.3 is 18.3 Å². The maximum Gasteiger partial charge on any atom is 0.416 e. The number of piperazine rings is 1. The van der Waals surface area contributed by atoms with Gasteiger partial charge in [-0.25, -0.2) is 9.59 Å². The zero-order valence-electron chi connectivity index (χ0n) is 14.9. The predicted octanol–water partition coefficient (Wildman–Crippen LogP) is 3.79. The second kappa shape index (κ2) is 7.43. The largest absolute Gasteiger partial charge is 0.444 e. The van der Waals surface area contributed by atoms with Crippen LogP contribution in [0, 0.1) is 0 Å². The number of halogens is 3. The van der Waals surface area contributed by atoms with Gasteiger partial charge in [-0.05, 0) is 45.0 Å². The average Bonchev–Trinajstić information content (AvgIpc) is 2.53. The molecule has 0 radical (unpaired) electrons. The summed E-state index contributed by atoms with van der Waals surface area (Å²) in [6.07, 6.45) is -4.85. The Labute approximate surface area is 149 Å². The van der Waals surface area contributed by atoms with E-state index in [9.17, 15) is 22.8 Å². The van der Waals surface area contributed by atoms with Crippen molar-refractivity contribution < 1.29 is 27.5 Å². The summed E-state index contributed by atoms with van der Waals surface area (Å²) < 4.78 is 42.9. The molecular formula is C17H22F3N3O3. The SMILES string of the molecule is CC(C)(C)OC(=O)N1CCN(C(=O)Nc2ccc(C(F)(F)F)cc2)CC1. The standard InChI is InChI=1S/C17H22F3N3O3/c1-16(2,3)26-15(25)23-10-8-22(9-11-23)14(24)21-13-6-4-12(5-7-13)17(18,19)20/h4-7H,8-11H2,1-3H3,(H,21,24). The molecule has 9 heteroatoms. The Hall–Kier alpha value is -2.45. The number of alkyl halides is 3. The minimum atomic E-state index is -4.42. The zero-order valence-corrected chi connectivity index (χ0v) is 14.9. The van der Waals surface area contributed by atoms with Gasteiger partial charge < -0.3 is 19.9 Å². The Balaban J connectivity index is 1.86. The van der Waals surface area contributed by atoms with Gasteiger partial charge in [-0.3, -0.25) is 0 Å². The van der Waals surface area contributed by atoms with Crippen LogP contribution in [0.15, 0.2) is 24.3 Å². The Morgan fingerprint density at radius 2 is 1.46 bits per heavy atom. The van der Waals surface area contributed by atoms with Gasteiger partial charge in [0.25, 0.3) is 0 Å². The van der Waals surface area contributed by atoms with Crippen molar-refractivity contribution in [2.75, 3.05) is 31.5 Å². The number of amides is 3. The zero-order chi connectivity index (χ0) is 19.5. The van der Waals surface area contributed by atoms with Crippen molar-refractivity contribution in [3.8, 4) is 0 Å². The summed E-state index contributed by atoms with van der Waals surface area (Å²) in [6.45, 7) is 6.61. The second-order valence-corrected chi connectivity index (χ2v) is 6.96. The van der Waals surface area contributed by atoms with Crippen molar-refractivity contribution >= 4 is 17.8 Å². The lowest BCUT2D eigenvalue weighted by molar-refractivity contribution is -0.137. The highest BCUT2D eigenvalue weighted by molar-refractivity contribution is 5.89. The third kappa shape index (κ3) is 5.53. The van der Waals surface area contributed by atoms with Crippen molar-refractivity contribution in [1.82, 2.24) is 9.80 Å². The van der Waals surface area contributed by atoms with Gasteiger partial charge in [-0.15, -0.1) is 0 Å². The lowest BCUT2D eigenvalue weighted by Gasteiger charge is -2.35. The molecule has 3 amide bonds. The quantitative estimate of drug-likeness (QED) is 0.815. The third-order valence-corrected chi connectivity index (χ3v) is 3.68. The molecule has 0 spiro atoms. The number of hydrogen-bond donors (Lipinski definition) is 1. The first-order valence-electron chi connectivity index (χ1n) is 8.17. The van der Waals surface area contributed by atoms with Gasteiger partial charge in [-0.2, -0.15) is 13.2 Å². The molecule has 1 aliphatic heterocycles. The van der Waals surface area contributed by atoms with Crippen LogP contribution in [0.3, 0.4) is 0 Å². The molecule has 26 heavy (non-hydrogen) atoms. The Kier molecular flexibility index (Phi) is 5.68. The maximum atomic E-state index is 12.5. The smallest absolute Gasteiger partial charge is 0.416 e.